The second-order valence-electron chi connectivity index (χ2n) is 4.05. The fourth-order valence-electron chi connectivity index (χ4n) is 1.44. The Kier molecular flexibility index (Phi) is 3.54. The van der Waals surface area contributed by atoms with E-state index >= 15 is 0 Å². The zero-order chi connectivity index (χ0) is 11.7. The quantitative estimate of drug-likeness (QED) is 0.922. The van der Waals surface area contributed by atoms with Crippen LogP contribution in [-0.4, -0.2) is 20.9 Å². The molecule has 1 aromatic rings. The number of carbonyl (C=O) groups is 1. The lowest BCUT2D eigenvalue weighted by Crippen LogP contribution is -2.05. The fourth-order valence-corrected chi connectivity index (χ4v) is 2.57. The molecule has 1 heterocycles. The topological polar surface area (TPSA) is 55.1 Å². The van der Waals surface area contributed by atoms with E-state index in [1.54, 1.807) is 4.68 Å². The molecule has 0 aliphatic heterocycles. The van der Waals surface area contributed by atoms with Gasteiger partial charge in [0.15, 0.2) is 5.69 Å². The summed E-state index contributed by atoms with van der Waals surface area (Å²) in [5, 5.41) is 13.1. The van der Waals surface area contributed by atoms with Gasteiger partial charge in [-0.05, 0) is 35.7 Å². The van der Waals surface area contributed by atoms with Crippen LogP contribution in [0.2, 0.25) is 0 Å². The summed E-state index contributed by atoms with van der Waals surface area (Å²) in [5.41, 5.74) is 0.904. The van der Waals surface area contributed by atoms with E-state index in [0.29, 0.717) is 0 Å². The number of hydrogen-bond donors (Lipinski definition) is 1. The number of halogens is 1. The molecule has 1 N–H and O–H groups in total. The highest BCUT2D eigenvalue weighted by Crippen LogP contribution is 2.30. The smallest absolute Gasteiger partial charge is 0.356 e. The Morgan fingerprint density at radius 3 is 2.20 bits per heavy atom. The summed E-state index contributed by atoms with van der Waals surface area (Å²) in [4.78, 5) is 11.0. The summed E-state index contributed by atoms with van der Waals surface area (Å²) >= 11 is 3.41. The van der Waals surface area contributed by atoms with E-state index in [0.717, 1.165) is 10.2 Å². The summed E-state index contributed by atoms with van der Waals surface area (Å²) in [5.74, 6) is -0.836. The van der Waals surface area contributed by atoms with E-state index in [2.05, 4.69) is 21.0 Å². The summed E-state index contributed by atoms with van der Waals surface area (Å²) < 4.78 is 2.46. The molecule has 5 heteroatoms. The summed E-state index contributed by atoms with van der Waals surface area (Å²) in [7, 11) is 0. The average Bonchev–Trinajstić information content (AvgIpc) is 2.42. The minimum atomic E-state index is -0.973. The van der Waals surface area contributed by atoms with Gasteiger partial charge in [0.1, 0.15) is 4.60 Å². The molecular formula is C10H15BrN2O2. The highest BCUT2D eigenvalue weighted by molar-refractivity contribution is 9.10. The molecular weight excluding hydrogens is 260 g/mol. The molecule has 0 fully saturated rings. The van der Waals surface area contributed by atoms with E-state index in [1.807, 2.05) is 27.7 Å². The molecule has 0 spiro atoms. The third-order valence-corrected chi connectivity index (χ3v) is 2.95. The van der Waals surface area contributed by atoms with Gasteiger partial charge in [0, 0.05) is 11.6 Å². The van der Waals surface area contributed by atoms with Crippen molar-refractivity contribution in [2.24, 2.45) is 0 Å². The van der Waals surface area contributed by atoms with Crippen LogP contribution in [0, 0.1) is 0 Å². The highest BCUT2D eigenvalue weighted by Gasteiger charge is 2.23. The first-order valence-electron chi connectivity index (χ1n) is 4.87. The first-order chi connectivity index (χ1) is 6.86. The van der Waals surface area contributed by atoms with Crippen LogP contribution in [0.25, 0.3) is 0 Å². The van der Waals surface area contributed by atoms with Crippen molar-refractivity contribution in [2.75, 3.05) is 0 Å². The fraction of sp³-hybridized carbons (Fsp3) is 0.600. The number of aromatic carboxylic acids is 1. The Balaban J connectivity index is 3.39. The Hall–Kier alpha value is -0.840. The molecule has 0 aliphatic carbocycles. The van der Waals surface area contributed by atoms with Gasteiger partial charge in [-0.1, -0.05) is 13.8 Å². The van der Waals surface area contributed by atoms with Crippen molar-refractivity contribution in [3.05, 3.63) is 15.9 Å². The molecule has 1 aromatic heterocycles. The van der Waals surface area contributed by atoms with Crippen LogP contribution in [0.1, 0.15) is 55.7 Å². The van der Waals surface area contributed by atoms with E-state index in [1.165, 1.54) is 0 Å². The second kappa shape index (κ2) is 4.35. The number of aromatic nitrogens is 2. The molecule has 0 atom stereocenters. The van der Waals surface area contributed by atoms with Crippen LogP contribution in [0.4, 0.5) is 0 Å². The number of carboxylic acid groups (broad SMARTS) is 1. The van der Waals surface area contributed by atoms with Gasteiger partial charge in [-0.2, -0.15) is 5.10 Å². The SMILES string of the molecule is CC(C)c1c(C(=O)O)nn(C(C)C)c1Br. The normalized spacial score (nSPS) is 11.4. The van der Waals surface area contributed by atoms with Crippen molar-refractivity contribution in [1.29, 1.82) is 0 Å². The minimum Gasteiger partial charge on any atom is -0.476 e. The van der Waals surface area contributed by atoms with Gasteiger partial charge in [-0.3, -0.25) is 4.68 Å². The first kappa shape index (κ1) is 12.2. The van der Waals surface area contributed by atoms with E-state index in [-0.39, 0.29) is 17.7 Å². The molecule has 4 nitrogen and oxygen atoms in total. The van der Waals surface area contributed by atoms with Crippen LogP contribution >= 0.6 is 15.9 Å². The van der Waals surface area contributed by atoms with Gasteiger partial charge < -0.3 is 5.11 Å². The highest BCUT2D eigenvalue weighted by atomic mass is 79.9. The van der Waals surface area contributed by atoms with Crippen LogP contribution in [0.15, 0.2) is 4.60 Å². The lowest BCUT2D eigenvalue weighted by molar-refractivity contribution is 0.0687. The standard InChI is InChI=1S/C10H15BrN2O2/c1-5(2)7-8(10(14)15)12-13(6(3)4)9(7)11/h5-6H,1-4H3,(H,14,15). The van der Waals surface area contributed by atoms with Crippen LogP contribution in [0.5, 0.6) is 0 Å². The van der Waals surface area contributed by atoms with Crippen LogP contribution in [-0.2, 0) is 0 Å². The molecule has 0 radical (unpaired) electrons. The van der Waals surface area contributed by atoms with Crippen molar-refractivity contribution in [3.8, 4) is 0 Å². The van der Waals surface area contributed by atoms with Gasteiger partial charge in [-0.25, -0.2) is 4.79 Å². The summed E-state index contributed by atoms with van der Waals surface area (Å²) in [6.45, 7) is 7.85. The maximum absolute atomic E-state index is 11.0. The van der Waals surface area contributed by atoms with Gasteiger partial charge in [0.2, 0.25) is 0 Å². The predicted octanol–water partition coefficient (Wildman–Crippen LogP) is 3.05. The van der Waals surface area contributed by atoms with E-state index < -0.39 is 5.97 Å². The average molecular weight is 275 g/mol. The first-order valence-corrected chi connectivity index (χ1v) is 5.66. The zero-order valence-corrected chi connectivity index (χ0v) is 10.9. The third-order valence-electron chi connectivity index (χ3n) is 2.16. The minimum absolute atomic E-state index is 0.137. The third kappa shape index (κ3) is 2.22. The van der Waals surface area contributed by atoms with E-state index in [9.17, 15) is 4.79 Å². The van der Waals surface area contributed by atoms with Gasteiger partial charge in [-0.15, -0.1) is 0 Å². The Morgan fingerprint density at radius 2 is 1.93 bits per heavy atom. The van der Waals surface area contributed by atoms with Crippen LogP contribution < -0.4 is 0 Å². The van der Waals surface area contributed by atoms with Crippen LogP contribution in [0.3, 0.4) is 0 Å². The van der Waals surface area contributed by atoms with Crippen molar-refractivity contribution >= 4 is 21.9 Å². The van der Waals surface area contributed by atoms with E-state index in [4.69, 9.17) is 5.11 Å². The molecule has 0 aromatic carbocycles. The number of rotatable bonds is 3. The van der Waals surface area contributed by atoms with Gasteiger partial charge in [0.25, 0.3) is 0 Å². The molecule has 15 heavy (non-hydrogen) atoms. The molecule has 0 saturated heterocycles. The lowest BCUT2D eigenvalue weighted by atomic mass is 10.0. The van der Waals surface area contributed by atoms with Crippen molar-refractivity contribution in [2.45, 2.75) is 39.7 Å². The molecule has 0 bridgehead atoms. The molecule has 0 aliphatic rings. The maximum Gasteiger partial charge on any atom is 0.356 e. The monoisotopic (exact) mass is 274 g/mol. The molecule has 0 saturated carbocycles. The van der Waals surface area contributed by atoms with Crippen molar-refractivity contribution in [3.63, 3.8) is 0 Å². The number of carboxylic acids is 1. The second-order valence-corrected chi connectivity index (χ2v) is 4.80. The Labute approximate surface area is 97.4 Å². The molecule has 0 unspecified atom stereocenters. The molecule has 1 rings (SSSR count). The number of nitrogens with zero attached hydrogens (tertiary/aromatic N) is 2. The largest absolute Gasteiger partial charge is 0.476 e. The molecule has 84 valence electrons. The lowest BCUT2D eigenvalue weighted by Gasteiger charge is -2.08. The van der Waals surface area contributed by atoms with Gasteiger partial charge in [0.05, 0.1) is 0 Å². The van der Waals surface area contributed by atoms with Crippen molar-refractivity contribution < 1.29 is 9.90 Å². The predicted molar refractivity (Wildman–Crippen MR) is 61.4 cm³/mol. The Bertz CT molecular complexity index is 383. The summed E-state index contributed by atoms with van der Waals surface area (Å²) in [6, 6.07) is 0.143. The number of hydrogen-bond acceptors (Lipinski definition) is 2. The zero-order valence-electron chi connectivity index (χ0n) is 9.28. The van der Waals surface area contributed by atoms with Gasteiger partial charge >= 0.3 is 5.97 Å². The van der Waals surface area contributed by atoms with Crippen molar-refractivity contribution in [1.82, 2.24) is 9.78 Å². The molecule has 0 amide bonds. The summed E-state index contributed by atoms with van der Waals surface area (Å²) in [6.07, 6.45) is 0. The maximum atomic E-state index is 11.0. The Morgan fingerprint density at radius 1 is 1.40 bits per heavy atom.